The topological polar surface area (TPSA) is 60.0 Å². The molecular formula is C34H41N7OS. The number of likely N-dealkylation sites (N-methyl/N-ethyl adjacent to an activating group) is 2. The van der Waals surface area contributed by atoms with Gasteiger partial charge in [-0.15, -0.1) is 11.3 Å². The van der Waals surface area contributed by atoms with Crippen LogP contribution in [0.1, 0.15) is 33.6 Å². The number of ether oxygens (including phenoxy) is 1. The van der Waals surface area contributed by atoms with Crippen molar-refractivity contribution in [3.63, 3.8) is 0 Å². The minimum absolute atomic E-state index is 0.559. The van der Waals surface area contributed by atoms with Crippen LogP contribution >= 0.6 is 11.3 Å². The van der Waals surface area contributed by atoms with Gasteiger partial charge in [-0.1, -0.05) is 29.8 Å². The summed E-state index contributed by atoms with van der Waals surface area (Å²) in [6, 6.07) is 14.7. The lowest BCUT2D eigenvalue weighted by Gasteiger charge is -2.36. The molecule has 8 nitrogen and oxygen atoms in total. The summed E-state index contributed by atoms with van der Waals surface area (Å²) in [5.41, 5.74) is 8.89. The van der Waals surface area contributed by atoms with E-state index in [4.69, 9.17) is 14.7 Å². The first-order chi connectivity index (χ1) is 20.9. The second kappa shape index (κ2) is 11.9. The average Bonchev–Trinajstić information content (AvgIpc) is 3.54. The summed E-state index contributed by atoms with van der Waals surface area (Å²) >= 11 is 1.82. The lowest BCUT2D eigenvalue weighted by molar-refractivity contribution is 0.0474. The number of aromatic nitrogens is 2. The van der Waals surface area contributed by atoms with E-state index in [1.807, 2.05) is 11.3 Å². The molecule has 0 bridgehead atoms. The molecule has 1 fully saturated rings. The van der Waals surface area contributed by atoms with E-state index in [0.717, 1.165) is 86.3 Å². The largest absolute Gasteiger partial charge is 0.489 e. The fraction of sp³-hybridized carbons (Fsp3) is 0.412. The Balaban J connectivity index is 1.09. The van der Waals surface area contributed by atoms with Gasteiger partial charge in [-0.3, -0.25) is 4.90 Å². The molecule has 4 heterocycles. The Morgan fingerprint density at radius 1 is 0.953 bits per heavy atom. The van der Waals surface area contributed by atoms with Gasteiger partial charge in [0.15, 0.2) is 0 Å². The lowest BCUT2D eigenvalue weighted by atomic mass is 9.94. The van der Waals surface area contributed by atoms with E-state index in [1.54, 1.807) is 6.33 Å². The predicted octanol–water partition coefficient (Wildman–Crippen LogP) is 5.70. The van der Waals surface area contributed by atoms with Gasteiger partial charge in [0.05, 0.1) is 5.39 Å². The van der Waals surface area contributed by atoms with Gasteiger partial charge in [-0.2, -0.15) is 0 Å². The molecule has 224 valence electrons. The number of fused-ring (bicyclic) bond motifs is 4. The van der Waals surface area contributed by atoms with Gasteiger partial charge in [0.2, 0.25) is 0 Å². The van der Waals surface area contributed by atoms with Gasteiger partial charge in [0, 0.05) is 74.7 Å². The third kappa shape index (κ3) is 5.74. The molecule has 1 N–H and O–H groups in total. The third-order valence-corrected chi connectivity index (χ3v) is 10.3. The lowest BCUT2D eigenvalue weighted by Crippen LogP contribution is -2.48. The van der Waals surface area contributed by atoms with Crippen molar-refractivity contribution in [1.82, 2.24) is 29.8 Å². The van der Waals surface area contributed by atoms with Crippen LogP contribution in [0.4, 0.5) is 11.5 Å². The second-order valence-electron chi connectivity index (χ2n) is 12.2. The molecule has 0 radical (unpaired) electrons. The maximum atomic E-state index is 6.16. The van der Waals surface area contributed by atoms with Crippen LogP contribution in [0.2, 0.25) is 0 Å². The Bertz CT molecular complexity index is 1670. The highest BCUT2D eigenvalue weighted by Crippen LogP contribution is 2.46. The highest BCUT2D eigenvalue weighted by Gasteiger charge is 2.35. The maximum absolute atomic E-state index is 6.16. The number of thiophene rings is 1. The van der Waals surface area contributed by atoms with Gasteiger partial charge in [-0.05, 0) is 68.6 Å². The highest BCUT2D eigenvalue weighted by molar-refractivity contribution is 7.20. The summed E-state index contributed by atoms with van der Waals surface area (Å²) in [5.74, 6) is 1.78. The van der Waals surface area contributed by atoms with Crippen molar-refractivity contribution in [2.24, 2.45) is 0 Å². The number of hydrogen-bond donors (Lipinski definition) is 1. The summed E-state index contributed by atoms with van der Waals surface area (Å²) in [7, 11) is 4.46. The van der Waals surface area contributed by atoms with E-state index in [1.165, 1.54) is 38.2 Å². The van der Waals surface area contributed by atoms with Crippen LogP contribution in [0.3, 0.4) is 0 Å². The Labute approximate surface area is 258 Å². The molecule has 4 aromatic rings. The van der Waals surface area contributed by atoms with E-state index >= 15 is 0 Å². The van der Waals surface area contributed by atoms with Crippen LogP contribution in [0.25, 0.3) is 15.8 Å². The van der Waals surface area contributed by atoms with E-state index in [0.29, 0.717) is 6.61 Å². The molecule has 0 saturated carbocycles. The summed E-state index contributed by atoms with van der Waals surface area (Å²) < 4.78 is 6.16. The summed E-state index contributed by atoms with van der Waals surface area (Å²) in [4.78, 5) is 16.9. The molecule has 0 spiro atoms. The van der Waals surface area contributed by atoms with Gasteiger partial charge in [-0.25, -0.2) is 15.0 Å². The molecular weight excluding hydrogens is 554 g/mol. The Morgan fingerprint density at radius 3 is 2.63 bits per heavy atom. The number of hydrogen-bond acceptors (Lipinski definition) is 9. The van der Waals surface area contributed by atoms with Crippen LogP contribution in [-0.2, 0) is 13.0 Å². The molecule has 3 aliphatic rings. The molecule has 43 heavy (non-hydrogen) atoms. The Kier molecular flexibility index (Phi) is 7.82. The normalized spacial score (nSPS) is 17.9. The molecule has 2 aliphatic heterocycles. The van der Waals surface area contributed by atoms with Crippen molar-refractivity contribution >= 4 is 38.6 Å². The Morgan fingerprint density at radius 2 is 1.81 bits per heavy atom. The van der Waals surface area contributed by atoms with Crippen LogP contribution < -0.4 is 10.1 Å². The summed E-state index contributed by atoms with van der Waals surface area (Å²) in [6.45, 7) is 12.5. The zero-order valence-electron chi connectivity index (χ0n) is 25.7. The molecule has 0 amide bonds. The monoisotopic (exact) mass is 595 g/mol. The number of nitrogens with one attached hydrogen (secondary N) is 1. The quantitative estimate of drug-likeness (QED) is 0.279. The number of piperazine rings is 1. The Hall–Kier alpha value is -3.50. The molecule has 1 aliphatic carbocycles. The highest BCUT2D eigenvalue weighted by atomic mass is 32.1. The van der Waals surface area contributed by atoms with E-state index in [-0.39, 0.29) is 0 Å². The van der Waals surface area contributed by atoms with Crippen molar-refractivity contribution in [3.8, 4) is 5.75 Å². The number of hydrazine groups is 1. The molecule has 9 heteroatoms. The van der Waals surface area contributed by atoms with Crippen LogP contribution in [0.15, 0.2) is 54.5 Å². The zero-order valence-corrected chi connectivity index (χ0v) is 26.5. The van der Waals surface area contributed by atoms with Crippen molar-refractivity contribution in [1.29, 1.82) is 0 Å². The number of anilines is 2. The minimum atomic E-state index is 0.559. The minimum Gasteiger partial charge on any atom is -0.489 e. The average molecular weight is 596 g/mol. The van der Waals surface area contributed by atoms with Gasteiger partial charge < -0.3 is 20.0 Å². The van der Waals surface area contributed by atoms with Gasteiger partial charge >= 0.3 is 0 Å². The first-order valence-corrected chi connectivity index (χ1v) is 16.2. The number of benzene rings is 2. The smallest absolute Gasteiger partial charge is 0.142 e. The van der Waals surface area contributed by atoms with Crippen LogP contribution in [0, 0.1) is 13.8 Å². The fourth-order valence-electron chi connectivity index (χ4n) is 6.66. The fourth-order valence-corrected chi connectivity index (χ4v) is 7.91. The molecule has 0 atom stereocenters. The van der Waals surface area contributed by atoms with Crippen LogP contribution in [0.5, 0.6) is 5.75 Å². The molecule has 0 unspecified atom stereocenters. The van der Waals surface area contributed by atoms with Gasteiger partial charge in [0.25, 0.3) is 0 Å². The van der Waals surface area contributed by atoms with Crippen LogP contribution in [-0.4, -0.2) is 89.7 Å². The first-order valence-electron chi connectivity index (χ1n) is 15.4. The van der Waals surface area contributed by atoms with Crippen molar-refractivity contribution in [2.45, 2.75) is 33.3 Å². The molecule has 2 aromatic carbocycles. The van der Waals surface area contributed by atoms with E-state index in [9.17, 15) is 0 Å². The summed E-state index contributed by atoms with van der Waals surface area (Å²) in [5, 5.41) is 9.75. The second-order valence-corrected chi connectivity index (χ2v) is 13.2. The van der Waals surface area contributed by atoms with Gasteiger partial charge in [0.1, 0.15) is 29.3 Å². The predicted molar refractivity (Wildman–Crippen MR) is 176 cm³/mol. The number of allylic oxidation sites excluding steroid dienone is 1. The van der Waals surface area contributed by atoms with Crippen molar-refractivity contribution in [3.05, 3.63) is 81.6 Å². The first kappa shape index (κ1) is 28.3. The third-order valence-electron chi connectivity index (χ3n) is 9.07. The zero-order chi connectivity index (χ0) is 29.5. The van der Waals surface area contributed by atoms with E-state index < -0.39 is 0 Å². The molecule has 1 saturated heterocycles. The SMILES string of the molecule is Cc1cccc(COc2ccc(Nc3ncnc4sc5c(c34)CCC3=C5CN(C)N3CCN3CCN(C)CC3)cc2C)c1. The maximum Gasteiger partial charge on any atom is 0.142 e. The molecule has 7 rings (SSSR count). The summed E-state index contributed by atoms with van der Waals surface area (Å²) in [6.07, 6.45) is 3.76. The van der Waals surface area contributed by atoms with Crippen molar-refractivity contribution in [2.75, 3.05) is 65.2 Å². The standard InChI is InChI=1S/C34H41N7OS/c1-23-6-5-7-25(18-23)21-42-30-11-8-26(19-24(30)2)37-33-31-27-9-10-29-28(32(27)43-34(31)36-22-35-33)20-39(4)41(29)17-16-40-14-12-38(3)13-15-40/h5-8,11,18-19,22H,9-10,12-17,20-21H2,1-4H3,(H,35,36,37). The number of rotatable bonds is 8. The number of aryl methyl sites for hydroxylation is 3. The number of nitrogens with zero attached hydrogens (tertiary/aromatic N) is 6. The van der Waals surface area contributed by atoms with Crippen molar-refractivity contribution < 1.29 is 4.74 Å². The molecule has 2 aromatic heterocycles. The van der Waals surface area contributed by atoms with E-state index in [2.05, 4.69) is 95.5 Å².